The number of rotatable bonds is 5. The first kappa shape index (κ1) is 12.9. The summed E-state index contributed by atoms with van der Waals surface area (Å²) in [6.45, 7) is 1.81. The SMILES string of the molecule is COC(=O)C(C)CCCC(=O)N(C)C. The van der Waals surface area contributed by atoms with Crippen LogP contribution in [-0.4, -0.2) is 38.0 Å². The molecule has 0 rings (SSSR count). The summed E-state index contributed by atoms with van der Waals surface area (Å²) in [6, 6.07) is 0. The third-order valence-electron chi connectivity index (χ3n) is 2.13. The van der Waals surface area contributed by atoms with Crippen molar-refractivity contribution in [1.29, 1.82) is 0 Å². The van der Waals surface area contributed by atoms with Crippen LogP contribution >= 0.6 is 0 Å². The van der Waals surface area contributed by atoms with Crippen LogP contribution in [0.1, 0.15) is 26.2 Å². The molecule has 0 aromatic rings. The molecule has 0 bridgehead atoms. The van der Waals surface area contributed by atoms with Gasteiger partial charge in [-0.25, -0.2) is 0 Å². The predicted molar refractivity (Wildman–Crippen MR) is 53.7 cm³/mol. The molecule has 1 unspecified atom stereocenters. The first-order chi connectivity index (χ1) is 6.49. The third-order valence-corrected chi connectivity index (χ3v) is 2.13. The molecule has 4 nitrogen and oxygen atoms in total. The number of methoxy groups -OCH3 is 1. The molecular formula is C10H19NO3. The van der Waals surface area contributed by atoms with Crippen molar-refractivity contribution in [2.75, 3.05) is 21.2 Å². The van der Waals surface area contributed by atoms with E-state index in [0.717, 1.165) is 6.42 Å². The summed E-state index contributed by atoms with van der Waals surface area (Å²) in [4.78, 5) is 23.7. The molecule has 1 amide bonds. The van der Waals surface area contributed by atoms with Crippen LogP contribution in [0.3, 0.4) is 0 Å². The van der Waals surface area contributed by atoms with Crippen molar-refractivity contribution in [3.8, 4) is 0 Å². The average molecular weight is 201 g/mol. The van der Waals surface area contributed by atoms with Gasteiger partial charge in [-0.05, 0) is 12.8 Å². The molecule has 0 aliphatic rings. The monoisotopic (exact) mass is 201 g/mol. The number of carbonyl (C=O) groups excluding carboxylic acids is 2. The summed E-state index contributed by atoms with van der Waals surface area (Å²) >= 11 is 0. The van der Waals surface area contributed by atoms with Crippen molar-refractivity contribution in [2.45, 2.75) is 26.2 Å². The largest absolute Gasteiger partial charge is 0.469 e. The van der Waals surface area contributed by atoms with Gasteiger partial charge in [-0.1, -0.05) is 6.92 Å². The Labute approximate surface area is 85.2 Å². The van der Waals surface area contributed by atoms with Crippen molar-refractivity contribution in [1.82, 2.24) is 4.90 Å². The number of amides is 1. The molecular weight excluding hydrogens is 182 g/mol. The van der Waals surface area contributed by atoms with E-state index in [1.54, 1.807) is 19.0 Å². The number of nitrogens with zero attached hydrogens (tertiary/aromatic N) is 1. The molecule has 0 heterocycles. The first-order valence-electron chi connectivity index (χ1n) is 4.77. The molecule has 0 aliphatic heterocycles. The average Bonchev–Trinajstić information content (AvgIpc) is 2.15. The normalized spacial score (nSPS) is 12.0. The zero-order chi connectivity index (χ0) is 11.1. The van der Waals surface area contributed by atoms with Gasteiger partial charge in [0.25, 0.3) is 0 Å². The van der Waals surface area contributed by atoms with Gasteiger partial charge in [0, 0.05) is 20.5 Å². The van der Waals surface area contributed by atoms with E-state index < -0.39 is 0 Å². The number of hydrogen-bond donors (Lipinski definition) is 0. The topological polar surface area (TPSA) is 46.6 Å². The lowest BCUT2D eigenvalue weighted by molar-refractivity contribution is -0.145. The van der Waals surface area contributed by atoms with Crippen LogP contribution in [0.25, 0.3) is 0 Å². The van der Waals surface area contributed by atoms with Crippen LogP contribution in [0.2, 0.25) is 0 Å². The molecule has 0 saturated carbocycles. The summed E-state index contributed by atoms with van der Waals surface area (Å²) in [5, 5.41) is 0. The second-order valence-corrected chi connectivity index (χ2v) is 3.60. The first-order valence-corrected chi connectivity index (χ1v) is 4.77. The summed E-state index contributed by atoms with van der Waals surface area (Å²) < 4.78 is 4.58. The highest BCUT2D eigenvalue weighted by Gasteiger charge is 2.13. The van der Waals surface area contributed by atoms with Gasteiger partial charge < -0.3 is 9.64 Å². The second-order valence-electron chi connectivity index (χ2n) is 3.60. The summed E-state index contributed by atoms with van der Waals surface area (Å²) in [6.07, 6.45) is 1.92. The fraction of sp³-hybridized carbons (Fsp3) is 0.800. The van der Waals surface area contributed by atoms with Crippen LogP contribution in [0.15, 0.2) is 0 Å². The van der Waals surface area contributed by atoms with E-state index in [0.29, 0.717) is 12.8 Å². The number of ether oxygens (including phenoxy) is 1. The standard InChI is InChI=1S/C10H19NO3/c1-8(10(13)14-4)6-5-7-9(12)11(2)3/h8H,5-7H2,1-4H3. The maximum absolute atomic E-state index is 11.2. The highest BCUT2D eigenvalue weighted by atomic mass is 16.5. The molecule has 4 heteroatoms. The molecule has 82 valence electrons. The predicted octanol–water partition coefficient (Wildman–Crippen LogP) is 1.05. The minimum atomic E-state index is -0.206. The number of hydrogen-bond acceptors (Lipinski definition) is 3. The van der Waals surface area contributed by atoms with Crippen molar-refractivity contribution in [3.63, 3.8) is 0 Å². The van der Waals surface area contributed by atoms with Crippen LogP contribution < -0.4 is 0 Å². The van der Waals surface area contributed by atoms with E-state index in [9.17, 15) is 9.59 Å². The zero-order valence-electron chi connectivity index (χ0n) is 9.37. The van der Waals surface area contributed by atoms with Crippen LogP contribution in [0, 0.1) is 5.92 Å². The molecule has 0 radical (unpaired) electrons. The van der Waals surface area contributed by atoms with E-state index in [1.807, 2.05) is 6.92 Å². The van der Waals surface area contributed by atoms with E-state index in [-0.39, 0.29) is 17.8 Å². The van der Waals surface area contributed by atoms with Crippen LogP contribution in [-0.2, 0) is 14.3 Å². The van der Waals surface area contributed by atoms with Gasteiger partial charge in [-0.2, -0.15) is 0 Å². The fourth-order valence-corrected chi connectivity index (χ4v) is 1.10. The lowest BCUT2D eigenvalue weighted by atomic mass is 10.0. The van der Waals surface area contributed by atoms with E-state index >= 15 is 0 Å². The quantitative estimate of drug-likeness (QED) is 0.625. The Bertz CT molecular complexity index is 202. The van der Waals surface area contributed by atoms with Crippen molar-refractivity contribution < 1.29 is 14.3 Å². The van der Waals surface area contributed by atoms with Gasteiger partial charge in [-0.3, -0.25) is 9.59 Å². The summed E-state index contributed by atoms with van der Waals surface area (Å²) in [7, 11) is 4.84. The summed E-state index contributed by atoms with van der Waals surface area (Å²) in [5.41, 5.74) is 0. The van der Waals surface area contributed by atoms with Gasteiger partial charge in [0.2, 0.25) is 5.91 Å². The minimum absolute atomic E-state index is 0.0991. The van der Waals surface area contributed by atoms with Gasteiger partial charge in [-0.15, -0.1) is 0 Å². The fourth-order valence-electron chi connectivity index (χ4n) is 1.10. The van der Waals surface area contributed by atoms with Crippen molar-refractivity contribution in [2.24, 2.45) is 5.92 Å². The second kappa shape index (κ2) is 6.40. The van der Waals surface area contributed by atoms with Gasteiger partial charge in [0.15, 0.2) is 0 Å². The Balaban J connectivity index is 3.64. The van der Waals surface area contributed by atoms with Gasteiger partial charge >= 0.3 is 5.97 Å². The maximum Gasteiger partial charge on any atom is 0.308 e. The summed E-state index contributed by atoms with van der Waals surface area (Å²) in [5.74, 6) is -0.223. The molecule has 0 fully saturated rings. The lowest BCUT2D eigenvalue weighted by Crippen LogP contribution is -2.21. The maximum atomic E-state index is 11.2. The molecule has 14 heavy (non-hydrogen) atoms. The van der Waals surface area contributed by atoms with Crippen molar-refractivity contribution in [3.05, 3.63) is 0 Å². The molecule has 0 N–H and O–H groups in total. The van der Waals surface area contributed by atoms with E-state index in [4.69, 9.17) is 0 Å². The molecule has 0 aromatic carbocycles. The van der Waals surface area contributed by atoms with Crippen LogP contribution in [0.4, 0.5) is 0 Å². The van der Waals surface area contributed by atoms with E-state index in [2.05, 4.69) is 4.74 Å². The molecule has 0 saturated heterocycles. The Kier molecular flexibility index (Phi) is 5.92. The van der Waals surface area contributed by atoms with E-state index in [1.165, 1.54) is 7.11 Å². The number of carbonyl (C=O) groups is 2. The smallest absolute Gasteiger partial charge is 0.308 e. The van der Waals surface area contributed by atoms with Crippen LogP contribution in [0.5, 0.6) is 0 Å². The number of esters is 1. The third kappa shape index (κ3) is 4.84. The molecule has 0 spiro atoms. The minimum Gasteiger partial charge on any atom is -0.469 e. The van der Waals surface area contributed by atoms with Gasteiger partial charge in [0.05, 0.1) is 13.0 Å². The van der Waals surface area contributed by atoms with Crippen molar-refractivity contribution >= 4 is 11.9 Å². The molecule has 0 aromatic heterocycles. The zero-order valence-corrected chi connectivity index (χ0v) is 9.37. The Morgan fingerprint density at radius 3 is 2.36 bits per heavy atom. The van der Waals surface area contributed by atoms with Gasteiger partial charge in [0.1, 0.15) is 0 Å². The molecule has 1 atom stereocenters. The Morgan fingerprint density at radius 1 is 1.36 bits per heavy atom. The Morgan fingerprint density at radius 2 is 1.93 bits per heavy atom. The lowest BCUT2D eigenvalue weighted by Gasteiger charge is -2.11. The highest BCUT2D eigenvalue weighted by Crippen LogP contribution is 2.09. The highest BCUT2D eigenvalue weighted by molar-refractivity contribution is 5.75. The molecule has 0 aliphatic carbocycles. The Hall–Kier alpha value is -1.06.